The van der Waals surface area contributed by atoms with Crippen LogP contribution in [0.4, 0.5) is 0 Å². The summed E-state index contributed by atoms with van der Waals surface area (Å²) in [5.41, 5.74) is 7.02. The van der Waals surface area contributed by atoms with Gasteiger partial charge < -0.3 is 5.73 Å². The summed E-state index contributed by atoms with van der Waals surface area (Å²) in [6.07, 6.45) is 2.15. The zero-order chi connectivity index (χ0) is 14.4. The number of rotatable bonds is 5. The van der Waals surface area contributed by atoms with E-state index in [0.29, 0.717) is 6.42 Å². The van der Waals surface area contributed by atoms with Gasteiger partial charge in [0, 0.05) is 11.4 Å². The van der Waals surface area contributed by atoms with Crippen LogP contribution in [0.15, 0.2) is 77.0 Å². The molecule has 0 saturated carbocycles. The predicted molar refractivity (Wildman–Crippen MR) is 88.1 cm³/mol. The number of sulfone groups is 1. The van der Waals surface area contributed by atoms with Crippen LogP contribution < -0.4 is 5.73 Å². The lowest BCUT2D eigenvalue weighted by molar-refractivity contribution is 0.604. The van der Waals surface area contributed by atoms with Crippen molar-refractivity contribution in [2.75, 3.05) is 0 Å². The van der Waals surface area contributed by atoms with E-state index in [4.69, 9.17) is 5.73 Å². The normalized spacial score (nSPS) is 12.8. The van der Waals surface area contributed by atoms with Gasteiger partial charge in [0.1, 0.15) is 0 Å². The van der Waals surface area contributed by atoms with E-state index in [1.807, 2.05) is 30.3 Å². The number of nitrogens with two attached hydrogens (primary N) is 1. The Balaban J connectivity index is 0.00000220. The minimum Gasteiger partial charge on any atom is -0.324 e. The topological polar surface area (TPSA) is 60.2 Å². The van der Waals surface area contributed by atoms with Crippen LogP contribution in [0.5, 0.6) is 0 Å². The quantitative estimate of drug-likeness (QED) is 0.920. The zero-order valence-electron chi connectivity index (χ0n) is 11.4. The highest BCUT2D eigenvalue weighted by atomic mass is 35.5. The molecule has 0 saturated heterocycles. The van der Waals surface area contributed by atoms with Gasteiger partial charge in [0.2, 0.25) is 0 Å². The summed E-state index contributed by atoms with van der Waals surface area (Å²) in [7, 11) is -3.41. The standard InChI is InChI=1S/C16H17NO2S.ClH/c17-15(13-14-7-3-1-4-8-14)11-12-20(18,19)16-9-5-2-6-10-16;/h1-12,15H,13,17H2;1H/b12-11+;/t15-;/m1./s1. The van der Waals surface area contributed by atoms with Gasteiger partial charge in [-0.25, -0.2) is 8.42 Å². The van der Waals surface area contributed by atoms with Crippen LogP contribution in [0.25, 0.3) is 0 Å². The van der Waals surface area contributed by atoms with E-state index >= 15 is 0 Å². The van der Waals surface area contributed by atoms with Crippen molar-refractivity contribution in [3.05, 3.63) is 77.7 Å². The molecule has 0 radical (unpaired) electrons. The third kappa shape index (κ3) is 5.34. The summed E-state index contributed by atoms with van der Waals surface area (Å²) < 4.78 is 24.1. The van der Waals surface area contributed by atoms with E-state index in [-0.39, 0.29) is 23.3 Å². The summed E-state index contributed by atoms with van der Waals surface area (Å²) in [5.74, 6) is 0. The maximum atomic E-state index is 12.0. The van der Waals surface area contributed by atoms with Crippen molar-refractivity contribution in [2.24, 2.45) is 5.73 Å². The first-order valence-corrected chi connectivity index (χ1v) is 7.90. The molecule has 2 N–H and O–H groups in total. The van der Waals surface area contributed by atoms with Crippen LogP contribution in [0, 0.1) is 0 Å². The molecule has 0 spiro atoms. The highest BCUT2D eigenvalue weighted by Gasteiger charge is 2.10. The van der Waals surface area contributed by atoms with E-state index in [1.165, 1.54) is 11.5 Å². The van der Waals surface area contributed by atoms with E-state index in [2.05, 4.69) is 0 Å². The third-order valence-corrected chi connectivity index (χ3v) is 4.34. The van der Waals surface area contributed by atoms with Gasteiger partial charge in [-0.3, -0.25) is 0 Å². The van der Waals surface area contributed by atoms with Crippen molar-refractivity contribution < 1.29 is 8.42 Å². The van der Waals surface area contributed by atoms with Crippen molar-refractivity contribution in [3.63, 3.8) is 0 Å². The lowest BCUT2D eigenvalue weighted by Crippen LogP contribution is -2.20. The monoisotopic (exact) mass is 323 g/mol. The van der Waals surface area contributed by atoms with Gasteiger partial charge in [-0.1, -0.05) is 54.6 Å². The van der Waals surface area contributed by atoms with Crippen molar-refractivity contribution >= 4 is 22.2 Å². The molecule has 1 atom stereocenters. The Kier molecular flexibility index (Phi) is 6.62. The van der Waals surface area contributed by atoms with Gasteiger partial charge in [0.15, 0.2) is 9.84 Å². The smallest absolute Gasteiger partial charge is 0.199 e. The molecule has 0 amide bonds. The fourth-order valence-corrected chi connectivity index (χ4v) is 2.95. The Morgan fingerprint density at radius 1 is 0.952 bits per heavy atom. The van der Waals surface area contributed by atoms with Crippen molar-refractivity contribution in [2.45, 2.75) is 17.4 Å². The van der Waals surface area contributed by atoms with Gasteiger partial charge in [-0.15, -0.1) is 12.4 Å². The average molecular weight is 324 g/mol. The Morgan fingerprint density at radius 2 is 1.48 bits per heavy atom. The Bertz CT molecular complexity index is 670. The number of hydrogen-bond acceptors (Lipinski definition) is 3. The van der Waals surface area contributed by atoms with Crippen LogP contribution in [-0.4, -0.2) is 14.5 Å². The molecule has 0 aliphatic heterocycles. The van der Waals surface area contributed by atoms with Crippen LogP contribution in [0.1, 0.15) is 5.56 Å². The van der Waals surface area contributed by atoms with Gasteiger partial charge in [0.05, 0.1) is 4.90 Å². The Hall–Kier alpha value is -1.62. The molecule has 0 fully saturated rings. The fourth-order valence-electron chi connectivity index (χ4n) is 1.85. The number of benzene rings is 2. The Morgan fingerprint density at radius 3 is 2.05 bits per heavy atom. The fraction of sp³-hybridized carbons (Fsp3) is 0.125. The van der Waals surface area contributed by atoms with Gasteiger partial charge in [-0.2, -0.15) is 0 Å². The molecule has 2 rings (SSSR count). The predicted octanol–water partition coefficient (Wildman–Crippen LogP) is 2.97. The number of halogens is 1. The van der Waals surface area contributed by atoms with Gasteiger partial charge in [-0.05, 0) is 24.1 Å². The second-order valence-corrected chi connectivity index (χ2v) is 6.37. The molecule has 0 aliphatic rings. The summed E-state index contributed by atoms with van der Waals surface area (Å²) in [5, 5.41) is 1.19. The zero-order valence-corrected chi connectivity index (χ0v) is 13.1. The summed E-state index contributed by atoms with van der Waals surface area (Å²) >= 11 is 0. The number of hydrogen-bond donors (Lipinski definition) is 1. The molecule has 5 heteroatoms. The first kappa shape index (κ1) is 17.4. The largest absolute Gasteiger partial charge is 0.324 e. The minimum atomic E-state index is -3.41. The molecule has 0 aromatic heterocycles. The van der Waals surface area contributed by atoms with E-state index in [0.717, 1.165) is 5.56 Å². The maximum Gasteiger partial charge on any atom is 0.199 e. The second kappa shape index (κ2) is 7.98. The highest BCUT2D eigenvalue weighted by Crippen LogP contribution is 2.12. The molecule has 3 nitrogen and oxygen atoms in total. The molecule has 21 heavy (non-hydrogen) atoms. The van der Waals surface area contributed by atoms with Crippen LogP contribution in [0.3, 0.4) is 0 Å². The molecule has 2 aromatic rings. The van der Waals surface area contributed by atoms with Crippen molar-refractivity contribution in [1.29, 1.82) is 0 Å². The molecular weight excluding hydrogens is 306 g/mol. The third-order valence-electron chi connectivity index (χ3n) is 2.89. The van der Waals surface area contributed by atoms with Gasteiger partial charge >= 0.3 is 0 Å². The summed E-state index contributed by atoms with van der Waals surface area (Å²) in [6.45, 7) is 0. The van der Waals surface area contributed by atoms with Crippen LogP contribution >= 0.6 is 12.4 Å². The molecule has 0 bridgehead atoms. The van der Waals surface area contributed by atoms with Crippen LogP contribution in [0.2, 0.25) is 0 Å². The van der Waals surface area contributed by atoms with E-state index < -0.39 is 9.84 Å². The Labute approximate surface area is 131 Å². The highest BCUT2D eigenvalue weighted by molar-refractivity contribution is 7.94. The minimum absolute atomic E-state index is 0. The average Bonchev–Trinajstić information content (AvgIpc) is 2.47. The van der Waals surface area contributed by atoms with Crippen molar-refractivity contribution in [1.82, 2.24) is 0 Å². The SMILES string of the molecule is Cl.N[C@H](/C=C/S(=O)(=O)c1ccccc1)Cc1ccccc1. The van der Waals surface area contributed by atoms with E-state index in [9.17, 15) is 8.42 Å². The molecule has 0 aliphatic carbocycles. The lowest BCUT2D eigenvalue weighted by Gasteiger charge is -2.06. The first-order chi connectivity index (χ1) is 9.58. The lowest BCUT2D eigenvalue weighted by atomic mass is 10.1. The summed E-state index contributed by atoms with van der Waals surface area (Å²) in [4.78, 5) is 0.281. The molecule has 112 valence electrons. The van der Waals surface area contributed by atoms with Gasteiger partial charge in [0.25, 0.3) is 0 Å². The first-order valence-electron chi connectivity index (χ1n) is 6.36. The second-order valence-electron chi connectivity index (χ2n) is 4.54. The molecule has 0 heterocycles. The van der Waals surface area contributed by atoms with Crippen molar-refractivity contribution in [3.8, 4) is 0 Å². The maximum absolute atomic E-state index is 12.0. The summed E-state index contributed by atoms with van der Waals surface area (Å²) in [6, 6.07) is 17.8. The van der Waals surface area contributed by atoms with Crippen LogP contribution in [-0.2, 0) is 16.3 Å². The van der Waals surface area contributed by atoms with E-state index in [1.54, 1.807) is 30.3 Å². The molecule has 0 unspecified atom stereocenters. The molecule has 2 aromatic carbocycles. The molecular formula is C16H18ClNO2S.